The highest BCUT2D eigenvalue weighted by molar-refractivity contribution is 7.15. The molecule has 2 N–H and O–H groups in total. The van der Waals surface area contributed by atoms with Gasteiger partial charge in [0.15, 0.2) is 5.01 Å². The number of halogens is 3. The van der Waals surface area contributed by atoms with E-state index in [0.717, 1.165) is 5.56 Å². The van der Waals surface area contributed by atoms with Gasteiger partial charge in [-0.1, -0.05) is 53.6 Å². The van der Waals surface area contributed by atoms with Crippen LogP contribution in [0.25, 0.3) is 22.0 Å². The van der Waals surface area contributed by atoms with Crippen LogP contribution in [0.5, 0.6) is 0 Å². The molecule has 40 heavy (non-hydrogen) atoms. The van der Waals surface area contributed by atoms with Crippen molar-refractivity contribution in [2.75, 3.05) is 10.6 Å². The van der Waals surface area contributed by atoms with Gasteiger partial charge in [-0.25, -0.2) is 19.9 Å². The first-order valence-electron chi connectivity index (χ1n) is 11.8. The van der Waals surface area contributed by atoms with Gasteiger partial charge in [-0.3, -0.25) is 4.79 Å². The van der Waals surface area contributed by atoms with Gasteiger partial charge in [0, 0.05) is 29.1 Å². The number of aliphatic imine (C=N–C) groups is 1. The summed E-state index contributed by atoms with van der Waals surface area (Å²) in [5.41, 5.74) is 2.72. The van der Waals surface area contributed by atoms with Gasteiger partial charge in [0.1, 0.15) is 11.5 Å². The lowest BCUT2D eigenvalue weighted by Crippen LogP contribution is -2.32. The molecule has 200 valence electrons. The molecule has 3 aromatic heterocycles. The molecule has 1 amide bonds. The molecule has 10 nitrogen and oxygen atoms in total. The molecule has 0 saturated heterocycles. The Kier molecular flexibility index (Phi) is 6.30. The maximum absolute atomic E-state index is 13.5. The molecule has 2 aromatic carbocycles. The summed E-state index contributed by atoms with van der Waals surface area (Å²) in [4.78, 5) is 29.7. The number of para-hydroxylation sites is 1. The van der Waals surface area contributed by atoms with E-state index in [9.17, 15) is 18.0 Å². The molecule has 0 saturated carbocycles. The number of rotatable bonds is 5. The number of aromatic nitrogens is 5. The van der Waals surface area contributed by atoms with Gasteiger partial charge < -0.3 is 15.1 Å². The number of alkyl halides is 3. The van der Waals surface area contributed by atoms with Gasteiger partial charge in [-0.15, -0.1) is 16.4 Å². The average Bonchev–Trinajstić information content (AvgIpc) is 3.57. The third-order valence-corrected chi connectivity index (χ3v) is 6.94. The van der Waals surface area contributed by atoms with Crippen molar-refractivity contribution in [1.82, 2.24) is 25.1 Å². The van der Waals surface area contributed by atoms with Gasteiger partial charge in [0.2, 0.25) is 6.17 Å². The van der Waals surface area contributed by atoms with Crippen LogP contribution in [-0.4, -0.2) is 42.9 Å². The van der Waals surface area contributed by atoms with Crippen molar-refractivity contribution in [3.05, 3.63) is 88.9 Å². The summed E-state index contributed by atoms with van der Waals surface area (Å²) < 4.78 is 46.3. The first-order valence-corrected chi connectivity index (χ1v) is 12.6. The average molecular weight is 563 g/mol. The Morgan fingerprint density at radius 1 is 0.975 bits per heavy atom. The summed E-state index contributed by atoms with van der Waals surface area (Å²) in [7, 11) is 0. The number of anilines is 2. The molecule has 0 spiro atoms. The van der Waals surface area contributed by atoms with E-state index in [1.54, 1.807) is 19.1 Å². The molecule has 1 atom stereocenters. The minimum Gasteiger partial charge on any atom is -0.402 e. The number of carbonyl (C=O) groups is 1. The van der Waals surface area contributed by atoms with Crippen molar-refractivity contribution in [3.8, 4) is 22.0 Å². The Morgan fingerprint density at radius 3 is 2.45 bits per heavy atom. The fourth-order valence-corrected chi connectivity index (χ4v) is 4.87. The molecule has 1 aliphatic heterocycles. The largest absolute Gasteiger partial charge is 0.443 e. The highest BCUT2D eigenvalue weighted by atomic mass is 32.1. The van der Waals surface area contributed by atoms with E-state index in [1.165, 1.54) is 12.4 Å². The molecule has 0 radical (unpaired) electrons. The summed E-state index contributed by atoms with van der Waals surface area (Å²) in [6.45, 7) is 1.66. The molecule has 6 rings (SSSR count). The molecule has 0 fully saturated rings. The monoisotopic (exact) mass is 562 g/mol. The minimum absolute atomic E-state index is 0.106. The van der Waals surface area contributed by atoms with Crippen LogP contribution in [0.4, 0.5) is 24.9 Å². The number of aryl methyl sites for hydroxylation is 1. The van der Waals surface area contributed by atoms with E-state index in [-0.39, 0.29) is 22.5 Å². The summed E-state index contributed by atoms with van der Waals surface area (Å²) in [5, 5.41) is 12.3. The topological polar surface area (TPSA) is 131 Å². The fourth-order valence-electron chi connectivity index (χ4n) is 3.97. The van der Waals surface area contributed by atoms with E-state index in [1.807, 2.05) is 42.5 Å². The first kappa shape index (κ1) is 25.3. The number of amides is 1. The zero-order valence-corrected chi connectivity index (χ0v) is 21.3. The standard InChI is InChI=1S/C26H17F3N8O2S/c1-13-30-11-15(12-31-13)20-19(34-24(40-20)26(27,28)29)23-36-37-25(39-23)35-21-22(38)32-17-10-6-5-9-16(17)18(33-21)14-7-3-2-4-8-14/h2-12,21H,1H3,(H,32,38)(H,35,37). The summed E-state index contributed by atoms with van der Waals surface area (Å²) in [6, 6.07) is 16.3. The first-order chi connectivity index (χ1) is 19.3. The maximum Gasteiger partial charge on any atom is 0.443 e. The number of benzene rings is 2. The van der Waals surface area contributed by atoms with E-state index >= 15 is 0 Å². The number of benzodiazepines with no additional fused rings is 1. The molecule has 4 heterocycles. The van der Waals surface area contributed by atoms with Crippen LogP contribution in [0.2, 0.25) is 0 Å². The van der Waals surface area contributed by atoms with Crippen LogP contribution in [0.1, 0.15) is 22.0 Å². The summed E-state index contributed by atoms with van der Waals surface area (Å²) in [6.07, 6.45) is -3.10. The number of fused-ring (bicyclic) bond motifs is 1. The Balaban J connectivity index is 1.36. The lowest BCUT2D eigenvalue weighted by Gasteiger charge is -2.11. The number of nitrogens with one attached hydrogen (secondary N) is 2. The van der Waals surface area contributed by atoms with E-state index in [4.69, 9.17) is 4.42 Å². The van der Waals surface area contributed by atoms with Crippen LogP contribution in [0.3, 0.4) is 0 Å². The van der Waals surface area contributed by atoms with Crippen molar-refractivity contribution >= 4 is 34.7 Å². The van der Waals surface area contributed by atoms with Gasteiger partial charge in [-0.2, -0.15) is 13.2 Å². The predicted octanol–water partition coefficient (Wildman–Crippen LogP) is 5.21. The summed E-state index contributed by atoms with van der Waals surface area (Å²) in [5.74, 6) is -0.326. The zero-order chi connectivity index (χ0) is 27.9. The van der Waals surface area contributed by atoms with Crippen LogP contribution >= 0.6 is 11.3 Å². The number of hydrogen-bond donors (Lipinski definition) is 2. The normalized spacial score (nSPS) is 15.2. The second-order valence-corrected chi connectivity index (χ2v) is 9.55. The van der Waals surface area contributed by atoms with E-state index < -0.39 is 23.3 Å². The third kappa shape index (κ3) is 4.91. The molecule has 0 aliphatic carbocycles. The van der Waals surface area contributed by atoms with Crippen molar-refractivity contribution < 1.29 is 22.4 Å². The quantitative estimate of drug-likeness (QED) is 0.299. The van der Waals surface area contributed by atoms with Gasteiger partial charge >= 0.3 is 12.2 Å². The van der Waals surface area contributed by atoms with Crippen LogP contribution in [0, 0.1) is 6.92 Å². The lowest BCUT2D eigenvalue weighted by atomic mass is 10.0. The Hall–Kier alpha value is -4.98. The molecule has 1 aliphatic rings. The van der Waals surface area contributed by atoms with Crippen molar-refractivity contribution in [3.63, 3.8) is 0 Å². The zero-order valence-electron chi connectivity index (χ0n) is 20.5. The summed E-state index contributed by atoms with van der Waals surface area (Å²) >= 11 is 0.409. The smallest absolute Gasteiger partial charge is 0.402 e. The molecular formula is C26H17F3N8O2S. The van der Waals surface area contributed by atoms with Crippen LogP contribution < -0.4 is 10.6 Å². The van der Waals surface area contributed by atoms with Gasteiger partial charge in [-0.05, 0) is 13.0 Å². The minimum atomic E-state index is -4.69. The second kappa shape index (κ2) is 9.96. The molecule has 0 bridgehead atoms. The van der Waals surface area contributed by atoms with Crippen LogP contribution in [-0.2, 0) is 11.0 Å². The third-order valence-electron chi connectivity index (χ3n) is 5.79. The van der Waals surface area contributed by atoms with Crippen LogP contribution in [0.15, 0.2) is 76.4 Å². The lowest BCUT2D eigenvalue weighted by molar-refractivity contribution is -0.137. The Morgan fingerprint density at radius 2 is 1.70 bits per heavy atom. The van der Waals surface area contributed by atoms with Crippen molar-refractivity contribution in [2.24, 2.45) is 4.99 Å². The van der Waals surface area contributed by atoms with Crippen molar-refractivity contribution in [1.29, 1.82) is 0 Å². The predicted molar refractivity (Wildman–Crippen MR) is 141 cm³/mol. The number of hydrogen-bond acceptors (Lipinski definition) is 10. The SMILES string of the molecule is Cc1ncc(-c2sc(C(F)(F)F)nc2-c2nnc(NC3N=C(c4ccccc4)c4ccccc4NC3=O)o2)cn1. The highest BCUT2D eigenvalue weighted by Gasteiger charge is 2.37. The number of nitrogens with zero attached hydrogens (tertiary/aromatic N) is 6. The van der Waals surface area contributed by atoms with Gasteiger partial charge in [0.25, 0.3) is 11.8 Å². The van der Waals surface area contributed by atoms with E-state index in [0.29, 0.717) is 39.7 Å². The number of thiazole rings is 1. The Labute approximate surface area is 228 Å². The molecule has 5 aromatic rings. The van der Waals surface area contributed by atoms with Gasteiger partial charge in [0.05, 0.1) is 16.3 Å². The van der Waals surface area contributed by atoms with Crippen molar-refractivity contribution in [2.45, 2.75) is 19.3 Å². The molecule has 1 unspecified atom stereocenters. The molecular weight excluding hydrogens is 545 g/mol. The maximum atomic E-state index is 13.5. The Bertz CT molecular complexity index is 1730. The molecule has 14 heteroatoms. The number of carbonyl (C=O) groups excluding carboxylic acids is 1. The fraction of sp³-hybridized carbons (Fsp3) is 0.115. The second-order valence-electron chi connectivity index (χ2n) is 8.55. The highest BCUT2D eigenvalue weighted by Crippen LogP contribution is 2.42. The van der Waals surface area contributed by atoms with E-state index in [2.05, 4.69) is 40.8 Å².